The minimum absolute atomic E-state index is 0.314. The van der Waals surface area contributed by atoms with Gasteiger partial charge in [0, 0.05) is 11.0 Å². The second-order valence-corrected chi connectivity index (χ2v) is 5.35. The van der Waals surface area contributed by atoms with Crippen molar-refractivity contribution in [2.75, 3.05) is 6.61 Å². The fourth-order valence-electron chi connectivity index (χ4n) is 1.79. The number of carbonyl (C=O) groups is 1. The molecule has 0 saturated heterocycles. The van der Waals surface area contributed by atoms with Gasteiger partial charge in [0.2, 0.25) is 0 Å². The number of rotatable bonds is 10. The molecule has 0 saturated carbocycles. The average molecular weight is 266 g/mol. The Morgan fingerprint density at radius 3 is 2.61 bits per heavy atom. The fourth-order valence-corrected chi connectivity index (χ4v) is 2.55. The van der Waals surface area contributed by atoms with E-state index in [2.05, 4.69) is 24.1 Å². The lowest BCUT2D eigenvalue weighted by molar-refractivity contribution is -0.137. The van der Waals surface area contributed by atoms with Gasteiger partial charge in [0.25, 0.3) is 0 Å². The van der Waals surface area contributed by atoms with E-state index in [1.165, 1.54) is 43.1 Å². The van der Waals surface area contributed by atoms with Crippen LogP contribution < -0.4 is 0 Å². The van der Waals surface area contributed by atoms with E-state index >= 15 is 0 Å². The Bertz CT molecular complexity index is 330. The van der Waals surface area contributed by atoms with E-state index in [4.69, 9.17) is 4.74 Å². The first-order valence-electron chi connectivity index (χ1n) is 6.64. The van der Waals surface area contributed by atoms with Crippen molar-refractivity contribution in [1.29, 1.82) is 0 Å². The summed E-state index contributed by atoms with van der Waals surface area (Å²) in [5, 5.41) is 2.14. The largest absolute Gasteiger partial charge is 0.463 e. The van der Waals surface area contributed by atoms with Crippen LogP contribution in [-0.2, 0) is 16.0 Å². The van der Waals surface area contributed by atoms with Crippen molar-refractivity contribution in [1.82, 2.24) is 0 Å². The van der Waals surface area contributed by atoms with E-state index in [1.807, 2.05) is 11.3 Å². The molecular weight excluding hydrogens is 244 g/mol. The molecule has 0 bridgehead atoms. The molecule has 0 aromatic carbocycles. The van der Waals surface area contributed by atoms with Gasteiger partial charge in [0.1, 0.15) is 0 Å². The van der Waals surface area contributed by atoms with Crippen LogP contribution in [0.1, 0.15) is 43.4 Å². The van der Waals surface area contributed by atoms with Crippen molar-refractivity contribution in [3.63, 3.8) is 0 Å². The first kappa shape index (κ1) is 15.0. The number of unbranched alkanes of at least 4 members (excludes halogenated alkanes) is 5. The van der Waals surface area contributed by atoms with Crippen molar-refractivity contribution in [2.24, 2.45) is 0 Å². The Labute approximate surface area is 114 Å². The maximum absolute atomic E-state index is 10.8. The van der Waals surface area contributed by atoms with Gasteiger partial charge in [-0.2, -0.15) is 0 Å². The lowest BCUT2D eigenvalue weighted by Crippen LogP contribution is -2.01. The molecule has 0 N–H and O–H groups in total. The SMILES string of the molecule is C=CC(=O)OCCCCCCCCc1cccs1. The van der Waals surface area contributed by atoms with Crippen molar-refractivity contribution < 1.29 is 9.53 Å². The number of hydrogen-bond acceptors (Lipinski definition) is 3. The molecule has 100 valence electrons. The van der Waals surface area contributed by atoms with Gasteiger partial charge in [-0.25, -0.2) is 4.79 Å². The molecule has 1 heterocycles. The molecule has 2 nitrogen and oxygen atoms in total. The van der Waals surface area contributed by atoms with E-state index in [0.717, 1.165) is 12.8 Å². The molecular formula is C15H22O2S. The van der Waals surface area contributed by atoms with Crippen molar-refractivity contribution in [3.05, 3.63) is 35.0 Å². The van der Waals surface area contributed by atoms with Crippen LogP contribution in [0.15, 0.2) is 30.2 Å². The van der Waals surface area contributed by atoms with Crippen LogP contribution in [0.3, 0.4) is 0 Å². The van der Waals surface area contributed by atoms with E-state index in [-0.39, 0.29) is 5.97 Å². The summed E-state index contributed by atoms with van der Waals surface area (Å²) < 4.78 is 4.91. The van der Waals surface area contributed by atoms with Gasteiger partial charge in [-0.3, -0.25) is 0 Å². The molecule has 0 unspecified atom stereocenters. The predicted molar refractivity (Wildman–Crippen MR) is 76.9 cm³/mol. The summed E-state index contributed by atoms with van der Waals surface area (Å²) in [6, 6.07) is 4.32. The number of esters is 1. The molecule has 0 radical (unpaired) electrons. The van der Waals surface area contributed by atoms with E-state index in [0.29, 0.717) is 6.61 Å². The molecule has 1 aromatic heterocycles. The third-order valence-corrected chi connectivity index (χ3v) is 3.74. The third kappa shape index (κ3) is 7.28. The van der Waals surface area contributed by atoms with Crippen molar-refractivity contribution in [3.8, 4) is 0 Å². The van der Waals surface area contributed by atoms with Gasteiger partial charge < -0.3 is 4.74 Å². The first-order chi connectivity index (χ1) is 8.83. The van der Waals surface area contributed by atoms with Crippen LogP contribution in [-0.4, -0.2) is 12.6 Å². The first-order valence-corrected chi connectivity index (χ1v) is 7.52. The number of aryl methyl sites for hydroxylation is 1. The van der Waals surface area contributed by atoms with Gasteiger partial charge in [-0.15, -0.1) is 11.3 Å². The second-order valence-electron chi connectivity index (χ2n) is 4.32. The lowest BCUT2D eigenvalue weighted by atomic mass is 10.1. The van der Waals surface area contributed by atoms with E-state index in [9.17, 15) is 4.79 Å². The topological polar surface area (TPSA) is 26.3 Å². The number of thiophene rings is 1. The normalized spacial score (nSPS) is 10.2. The average Bonchev–Trinajstić information content (AvgIpc) is 2.89. The maximum atomic E-state index is 10.8. The van der Waals surface area contributed by atoms with Gasteiger partial charge in [0.15, 0.2) is 0 Å². The van der Waals surface area contributed by atoms with Gasteiger partial charge >= 0.3 is 5.97 Å². The van der Waals surface area contributed by atoms with Crippen LogP contribution in [0, 0.1) is 0 Å². The Morgan fingerprint density at radius 1 is 1.22 bits per heavy atom. The van der Waals surface area contributed by atoms with E-state index in [1.54, 1.807) is 0 Å². The summed E-state index contributed by atoms with van der Waals surface area (Å²) in [5.41, 5.74) is 0. The summed E-state index contributed by atoms with van der Waals surface area (Å²) >= 11 is 1.85. The highest BCUT2D eigenvalue weighted by molar-refractivity contribution is 7.09. The standard InChI is InChI=1S/C15H22O2S/c1-2-15(16)17-12-8-6-4-3-5-7-10-14-11-9-13-18-14/h2,9,11,13H,1,3-8,10,12H2. The molecule has 0 aliphatic heterocycles. The van der Waals surface area contributed by atoms with Crippen molar-refractivity contribution in [2.45, 2.75) is 44.9 Å². The Balaban J connectivity index is 1.81. The van der Waals surface area contributed by atoms with Gasteiger partial charge in [-0.05, 0) is 30.7 Å². The highest BCUT2D eigenvalue weighted by Crippen LogP contribution is 2.14. The zero-order valence-corrected chi connectivity index (χ0v) is 11.7. The molecule has 1 aromatic rings. The Kier molecular flexibility index (Phi) is 8.23. The van der Waals surface area contributed by atoms with Crippen LogP contribution in [0.25, 0.3) is 0 Å². The highest BCUT2D eigenvalue weighted by Gasteiger charge is 1.96. The molecule has 0 fully saturated rings. The zero-order valence-electron chi connectivity index (χ0n) is 10.9. The maximum Gasteiger partial charge on any atom is 0.330 e. The van der Waals surface area contributed by atoms with Gasteiger partial charge in [-0.1, -0.05) is 38.3 Å². The Morgan fingerprint density at radius 2 is 1.94 bits per heavy atom. The third-order valence-electron chi connectivity index (χ3n) is 2.81. The minimum Gasteiger partial charge on any atom is -0.463 e. The van der Waals surface area contributed by atoms with Gasteiger partial charge in [0.05, 0.1) is 6.61 Å². The molecule has 0 aliphatic rings. The van der Waals surface area contributed by atoms with Crippen LogP contribution in [0.4, 0.5) is 0 Å². The number of carbonyl (C=O) groups excluding carboxylic acids is 1. The lowest BCUT2D eigenvalue weighted by Gasteiger charge is -2.02. The molecule has 0 spiro atoms. The fraction of sp³-hybridized carbons (Fsp3) is 0.533. The van der Waals surface area contributed by atoms with Crippen LogP contribution >= 0.6 is 11.3 Å². The molecule has 0 atom stereocenters. The molecule has 1 rings (SSSR count). The zero-order chi connectivity index (χ0) is 13.1. The monoisotopic (exact) mass is 266 g/mol. The molecule has 3 heteroatoms. The number of ether oxygens (including phenoxy) is 1. The smallest absolute Gasteiger partial charge is 0.330 e. The summed E-state index contributed by atoms with van der Waals surface area (Å²) in [4.78, 5) is 12.3. The Hall–Kier alpha value is -1.09. The van der Waals surface area contributed by atoms with Crippen LogP contribution in [0.5, 0.6) is 0 Å². The predicted octanol–water partition coefficient (Wildman–Crippen LogP) is 4.36. The second kappa shape index (κ2) is 9.89. The van der Waals surface area contributed by atoms with E-state index < -0.39 is 0 Å². The van der Waals surface area contributed by atoms with Crippen LogP contribution in [0.2, 0.25) is 0 Å². The summed E-state index contributed by atoms with van der Waals surface area (Å²) in [6.45, 7) is 3.88. The summed E-state index contributed by atoms with van der Waals surface area (Å²) in [7, 11) is 0. The molecule has 0 aliphatic carbocycles. The highest BCUT2D eigenvalue weighted by atomic mass is 32.1. The summed E-state index contributed by atoms with van der Waals surface area (Å²) in [6.07, 6.45) is 9.63. The minimum atomic E-state index is -0.314. The summed E-state index contributed by atoms with van der Waals surface area (Å²) in [5.74, 6) is -0.314. The number of hydrogen-bond donors (Lipinski definition) is 0. The molecule has 0 amide bonds. The van der Waals surface area contributed by atoms with Crippen molar-refractivity contribution >= 4 is 17.3 Å². The quantitative estimate of drug-likeness (QED) is 0.357. The molecule has 18 heavy (non-hydrogen) atoms.